The fourth-order valence-electron chi connectivity index (χ4n) is 2.62. The molecular weight excluding hydrogens is 216 g/mol. The van der Waals surface area contributed by atoms with Gasteiger partial charge in [-0.1, -0.05) is 20.3 Å². The third-order valence-corrected chi connectivity index (χ3v) is 4.17. The molecule has 102 valence electrons. The van der Waals surface area contributed by atoms with Crippen LogP contribution >= 0.6 is 0 Å². The standard InChI is InChI=1S/C14H28O3/c1-11-4-5-13(10-12(11)2)14(15)6-7-17-9-8-16-3/h11-15H,4-10H2,1-3H3. The van der Waals surface area contributed by atoms with Crippen LogP contribution in [0.15, 0.2) is 0 Å². The summed E-state index contributed by atoms with van der Waals surface area (Å²) < 4.78 is 10.3. The summed E-state index contributed by atoms with van der Waals surface area (Å²) in [4.78, 5) is 0. The van der Waals surface area contributed by atoms with Gasteiger partial charge in [0.15, 0.2) is 0 Å². The summed E-state index contributed by atoms with van der Waals surface area (Å²) in [6.45, 7) is 6.53. The number of ether oxygens (including phenoxy) is 2. The SMILES string of the molecule is COCCOCCC(O)C1CCC(C)C(C)C1. The molecule has 0 heterocycles. The molecule has 1 rings (SSSR count). The maximum absolute atomic E-state index is 10.1. The molecule has 0 aromatic rings. The lowest BCUT2D eigenvalue weighted by molar-refractivity contribution is 0.0128. The van der Waals surface area contributed by atoms with Gasteiger partial charge in [0, 0.05) is 13.7 Å². The van der Waals surface area contributed by atoms with Gasteiger partial charge in [-0.3, -0.25) is 0 Å². The van der Waals surface area contributed by atoms with Crippen LogP contribution in [0.3, 0.4) is 0 Å². The third kappa shape index (κ3) is 5.36. The van der Waals surface area contributed by atoms with Gasteiger partial charge < -0.3 is 14.6 Å². The average Bonchev–Trinajstić information content (AvgIpc) is 2.32. The van der Waals surface area contributed by atoms with Crippen molar-refractivity contribution in [1.29, 1.82) is 0 Å². The monoisotopic (exact) mass is 244 g/mol. The van der Waals surface area contributed by atoms with Crippen LogP contribution in [0, 0.1) is 17.8 Å². The van der Waals surface area contributed by atoms with Gasteiger partial charge >= 0.3 is 0 Å². The molecule has 0 radical (unpaired) electrons. The minimum absolute atomic E-state index is 0.188. The predicted molar refractivity (Wildman–Crippen MR) is 69.0 cm³/mol. The highest BCUT2D eigenvalue weighted by Crippen LogP contribution is 2.35. The summed E-state index contributed by atoms with van der Waals surface area (Å²) in [5.74, 6) is 2.04. The fourth-order valence-corrected chi connectivity index (χ4v) is 2.62. The van der Waals surface area contributed by atoms with Gasteiger partial charge in [0.2, 0.25) is 0 Å². The Balaban J connectivity index is 2.12. The zero-order valence-electron chi connectivity index (χ0n) is 11.5. The van der Waals surface area contributed by atoms with Crippen LogP contribution in [0.2, 0.25) is 0 Å². The van der Waals surface area contributed by atoms with E-state index < -0.39 is 0 Å². The molecule has 0 bridgehead atoms. The van der Waals surface area contributed by atoms with E-state index in [2.05, 4.69) is 13.8 Å². The molecule has 3 nitrogen and oxygen atoms in total. The molecule has 0 aromatic heterocycles. The Kier molecular flexibility index (Phi) is 7.09. The molecule has 0 saturated heterocycles. The number of methoxy groups -OCH3 is 1. The highest BCUT2D eigenvalue weighted by Gasteiger charge is 2.28. The Labute approximate surface area is 105 Å². The van der Waals surface area contributed by atoms with Crippen molar-refractivity contribution in [3.63, 3.8) is 0 Å². The van der Waals surface area contributed by atoms with Crippen molar-refractivity contribution in [3.8, 4) is 0 Å². The molecule has 0 spiro atoms. The second-order valence-electron chi connectivity index (χ2n) is 5.49. The third-order valence-electron chi connectivity index (χ3n) is 4.17. The Hall–Kier alpha value is -0.120. The Bertz CT molecular complexity index is 196. The predicted octanol–water partition coefficient (Wildman–Crippen LogP) is 2.47. The zero-order chi connectivity index (χ0) is 12.7. The van der Waals surface area contributed by atoms with Crippen LogP contribution in [-0.2, 0) is 9.47 Å². The number of rotatable bonds is 7. The normalized spacial score (nSPS) is 31.4. The Morgan fingerprint density at radius 2 is 1.88 bits per heavy atom. The van der Waals surface area contributed by atoms with E-state index in [1.165, 1.54) is 19.3 Å². The highest BCUT2D eigenvalue weighted by molar-refractivity contribution is 4.79. The minimum atomic E-state index is -0.188. The largest absolute Gasteiger partial charge is 0.393 e. The number of hydrogen-bond donors (Lipinski definition) is 1. The van der Waals surface area contributed by atoms with Gasteiger partial charge in [0.05, 0.1) is 19.3 Å². The maximum atomic E-state index is 10.1. The quantitative estimate of drug-likeness (QED) is 0.699. The molecule has 17 heavy (non-hydrogen) atoms. The Morgan fingerprint density at radius 1 is 1.12 bits per heavy atom. The van der Waals surface area contributed by atoms with Gasteiger partial charge in [-0.05, 0) is 37.0 Å². The van der Waals surface area contributed by atoms with Crippen LogP contribution in [0.1, 0.15) is 39.5 Å². The van der Waals surface area contributed by atoms with E-state index in [9.17, 15) is 5.11 Å². The van der Waals surface area contributed by atoms with Crippen molar-refractivity contribution in [2.24, 2.45) is 17.8 Å². The molecule has 0 amide bonds. The van der Waals surface area contributed by atoms with E-state index in [4.69, 9.17) is 9.47 Å². The van der Waals surface area contributed by atoms with E-state index in [1.807, 2.05) is 0 Å². The van der Waals surface area contributed by atoms with E-state index in [0.29, 0.717) is 25.7 Å². The molecule has 0 aromatic carbocycles. The van der Waals surface area contributed by atoms with E-state index in [0.717, 1.165) is 18.3 Å². The summed E-state index contributed by atoms with van der Waals surface area (Å²) in [5.41, 5.74) is 0. The maximum Gasteiger partial charge on any atom is 0.0700 e. The molecule has 1 N–H and O–H groups in total. The zero-order valence-corrected chi connectivity index (χ0v) is 11.5. The van der Waals surface area contributed by atoms with Crippen molar-refractivity contribution in [2.45, 2.75) is 45.6 Å². The van der Waals surface area contributed by atoms with E-state index in [-0.39, 0.29) is 6.10 Å². The first-order valence-corrected chi connectivity index (χ1v) is 6.90. The average molecular weight is 244 g/mol. The van der Waals surface area contributed by atoms with Gasteiger partial charge in [-0.15, -0.1) is 0 Å². The second kappa shape index (κ2) is 8.06. The van der Waals surface area contributed by atoms with Crippen molar-refractivity contribution in [2.75, 3.05) is 26.9 Å². The topological polar surface area (TPSA) is 38.7 Å². The van der Waals surface area contributed by atoms with Crippen LogP contribution < -0.4 is 0 Å². The summed E-state index contributed by atoms with van der Waals surface area (Å²) in [7, 11) is 1.67. The van der Waals surface area contributed by atoms with E-state index >= 15 is 0 Å². The molecule has 1 fully saturated rings. The lowest BCUT2D eigenvalue weighted by atomic mass is 9.73. The first-order valence-electron chi connectivity index (χ1n) is 6.90. The van der Waals surface area contributed by atoms with Gasteiger partial charge in [-0.2, -0.15) is 0 Å². The summed E-state index contributed by atoms with van der Waals surface area (Å²) >= 11 is 0. The highest BCUT2D eigenvalue weighted by atomic mass is 16.5. The molecule has 1 saturated carbocycles. The molecule has 3 heteroatoms. The van der Waals surface area contributed by atoms with Crippen molar-refractivity contribution in [1.82, 2.24) is 0 Å². The van der Waals surface area contributed by atoms with Crippen LogP contribution in [0.25, 0.3) is 0 Å². The van der Waals surface area contributed by atoms with Gasteiger partial charge in [-0.25, -0.2) is 0 Å². The molecule has 0 aliphatic heterocycles. The van der Waals surface area contributed by atoms with Crippen molar-refractivity contribution >= 4 is 0 Å². The molecule has 4 atom stereocenters. The minimum Gasteiger partial charge on any atom is -0.393 e. The second-order valence-corrected chi connectivity index (χ2v) is 5.49. The van der Waals surface area contributed by atoms with Gasteiger partial charge in [0.25, 0.3) is 0 Å². The van der Waals surface area contributed by atoms with Crippen LogP contribution in [0.5, 0.6) is 0 Å². The summed E-state index contributed by atoms with van der Waals surface area (Å²) in [6, 6.07) is 0. The fraction of sp³-hybridized carbons (Fsp3) is 1.00. The number of aliphatic hydroxyl groups is 1. The number of hydrogen-bond acceptors (Lipinski definition) is 3. The Morgan fingerprint density at radius 3 is 2.53 bits per heavy atom. The van der Waals surface area contributed by atoms with Crippen LogP contribution in [-0.4, -0.2) is 38.1 Å². The van der Waals surface area contributed by atoms with E-state index in [1.54, 1.807) is 7.11 Å². The first kappa shape index (κ1) is 14.9. The lowest BCUT2D eigenvalue weighted by Crippen LogP contribution is -2.30. The summed E-state index contributed by atoms with van der Waals surface area (Å²) in [5, 5.41) is 10.1. The lowest BCUT2D eigenvalue weighted by Gasteiger charge is -2.34. The van der Waals surface area contributed by atoms with Crippen LogP contribution in [0.4, 0.5) is 0 Å². The summed E-state index contributed by atoms with van der Waals surface area (Å²) in [6.07, 6.45) is 4.17. The first-order chi connectivity index (χ1) is 8.15. The number of aliphatic hydroxyl groups excluding tert-OH is 1. The van der Waals surface area contributed by atoms with Crippen molar-refractivity contribution < 1.29 is 14.6 Å². The molecule has 1 aliphatic rings. The van der Waals surface area contributed by atoms with Crippen molar-refractivity contribution in [3.05, 3.63) is 0 Å². The van der Waals surface area contributed by atoms with Gasteiger partial charge in [0.1, 0.15) is 0 Å². The molecule has 1 aliphatic carbocycles. The molecular formula is C14H28O3. The smallest absolute Gasteiger partial charge is 0.0700 e. The molecule has 4 unspecified atom stereocenters.